The minimum atomic E-state index is 0.691. The van der Waals surface area contributed by atoms with Crippen molar-refractivity contribution in [1.82, 2.24) is 0 Å². The van der Waals surface area contributed by atoms with Crippen molar-refractivity contribution in [2.75, 3.05) is 0 Å². The number of aryl methyl sites for hydroxylation is 1. The molecule has 15 heavy (non-hydrogen) atoms. The highest BCUT2D eigenvalue weighted by atomic mass is 14.6. The number of hydrogen-bond donors (Lipinski definition) is 0. The van der Waals surface area contributed by atoms with Gasteiger partial charge >= 0.3 is 0 Å². The predicted molar refractivity (Wildman–Crippen MR) is 62.9 cm³/mol. The van der Waals surface area contributed by atoms with Crippen molar-refractivity contribution in [3.05, 3.63) is 65.5 Å². The van der Waals surface area contributed by atoms with E-state index in [1.807, 2.05) is 36.4 Å². The van der Waals surface area contributed by atoms with Gasteiger partial charge in [-0.05, 0) is 29.7 Å². The highest BCUT2D eigenvalue weighted by Gasteiger charge is 2.00. The molecule has 0 saturated heterocycles. The number of benzene rings is 2. The molecular formula is C14H11N. The van der Waals surface area contributed by atoms with E-state index in [4.69, 9.17) is 6.57 Å². The van der Waals surface area contributed by atoms with Gasteiger partial charge in [-0.25, -0.2) is 4.85 Å². The number of nitrogens with zero attached hydrogens (tertiary/aromatic N) is 1. The Labute approximate surface area is 89.8 Å². The maximum Gasteiger partial charge on any atom is 0.187 e. The largest absolute Gasteiger partial charge is 0.238 e. The second-order valence-electron chi connectivity index (χ2n) is 3.48. The Morgan fingerprint density at radius 1 is 1.00 bits per heavy atom. The first kappa shape index (κ1) is 9.48. The molecule has 0 N–H and O–H groups in total. The lowest BCUT2D eigenvalue weighted by molar-refractivity contribution is 1.46. The molecule has 0 amide bonds. The monoisotopic (exact) mass is 193 g/mol. The normalized spacial score (nSPS) is 9.60. The summed E-state index contributed by atoms with van der Waals surface area (Å²) in [7, 11) is 0. The van der Waals surface area contributed by atoms with Crippen molar-refractivity contribution in [1.29, 1.82) is 0 Å². The second-order valence-corrected chi connectivity index (χ2v) is 3.48. The van der Waals surface area contributed by atoms with Crippen molar-refractivity contribution in [2.24, 2.45) is 0 Å². The van der Waals surface area contributed by atoms with E-state index >= 15 is 0 Å². The first-order valence-corrected chi connectivity index (χ1v) is 4.85. The van der Waals surface area contributed by atoms with E-state index in [9.17, 15) is 0 Å². The Morgan fingerprint density at radius 3 is 2.53 bits per heavy atom. The van der Waals surface area contributed by atoms with Crippen molar-refractivity contribution < 1.29 is 0 Å². The molecule has 0 saturated carbocycles. The quantitative estimate of drug-likeness (QED) is 0.597. The minimum absolute atomic E-state index is 0.691. The van der Waals surface area contributed by atoms with Gasteiger partial charge in [0.25, 0.3) is 0 Å². The van der Waals surface area contributed by atoms with Gasteiger partial charge in [-0.2, -0.15) is 0 Å². The summed E-state index contributed by atoms with van der Waals surface area (Å²) in [6.07, 6.45) is 0. The van der Waals surface area contributed by atoms with E-state index in [-0.39, 0.29) is 0 Å². The van der Waals surface area contributed by atoms with Crippen molar-refractivity contribution in [3.8, 4) is 11.1 Å². The standard InChI is InChI=1S/C14H11N/c1-11-6-3-4-9-14(11)12-7-5-8-13(10-12)15-2/h3-10H,1H3. The Kier molecular flexibility index (Phi) is 2.51. The SMILES string of the molecule is [C-]#[N+]c1cccc(-c2ccccc2C)c1. The van der Waals surface area contributed by atoms with Gasteiger partial charge in [0.15, 0.2) is 5.69 Å². The van der Waals surface area contributed by atoms with Gasteiger partial charge in [0.1, 0.15) is 0 Å². The summed E-state index contributed by atoms with van der Waals surface area (Å²) in [4.78, 5) is 3.44. The summed E-state index contributed by atoms with van der Waals surface area (Å²) >= 11 is 0. The smallest absolute Gasteiger partial charge is 0.187 e. The van der Waals surface area contributed by atoms with Crippen LogP contribution < -0.4 is 0 Å². The third-order valence-electron chi connectivity index (χ3n) is 2.43. The highest BCUT2D eigenvalue weighted by Crippen LogP contribution is 2.26. The van der Waals surface area contributed by atoms with Gasteiger partial charge in [-0.1, -0.05) is 42.5 Å². The van der Waals surface area contributed by atoms with E-state index in [2.05, 4.69) is 23.9 Å². The van der Waals surface area contributed by atoms with E-state index in [1.54, 1.807) is 0 Å². The molecule has 0 aliphatic carbocycles. The molecule has 1 heteroatoms. The molecule has 2 aromatic carbocycles. The van der Waals surface area contributed by atoms with Crippen LogP contribution in [0.4, 0.5) is 5.69 Å². The Bertz CT molecular complexity index is 521. The van der Waals surface area contributed by atoms with Gasteiger partial charge in [0.2, 0.25) is 0 Å². The zero-order valence-corrected chi connectivity index (χ0v) is 8.57. The van der Waals surface area contributed by atoms with Crippen molar-refractivity contribution >= 4 is 5.69 Å². The molecule has 0 heterocycles. The predicted octanol–water partition coefficient (Wildman–Crippen LogP) is 4.21. The lowest BCUT2D eigenvalue weighted by atomic mass is 10.0. The van der Waals surface area contributed by atoms with Crippen LogP contribution in [0.2, 0.25) is 0 Å². The average molecular weight is 193 g/mol. The molecule has 0 unspecified atom stereocenters. The van der Waals surface area contributed by atoms with Crippen LogP contribution in [-0.4, -0.2) is 0 Å². The Balaban J connectivity index is 2.55. The maximum absolute atomic E-state index is 6.98. The first-order chi connectivity index (χ1) is 7.31. The first-order valence-electron chi connectivity index (χ1n) is 4.85. The fourth-order valence-electron chi connectivity index (χ4n) is 1.64. The zero-order chi connectivity index (χ0) is 10.7. The van der Waals surface area contributed by atoms with Crippen LogP contribution in [0.1, 0.15) is 5.56 Å². The Morgan fingerprint density at radius 2 is 1.80 bits per heavy atom. The molecule has 0 aliphatic rings. The topological polar surface area (TPSA) is 4.36 Å². The van der Waals surface area contributed by atoms with Gasteiger partial charge in [-0.3, -0.25) is 0 Å². The summed E-state index contributed by atoms with van der Waals surface area (Å²) < 4.78 is 0. The van der Waals surface area contributed by atoms with Crippen LogP contribution in [0.25, 0.3) is 16.0 Å². The molecule has 2 rings (SSSR count). The van der Waals surface area contributed by atoms with E-state index < -0.39 is 0 Å². The fraction of sp³-hybridized carbons (Fsp3) is 0.0714. The molecule has 2 aromatic rings. The fourth-order valence-corrected chi connectivity index (χ4v) is 1.64. The van der Waals surface area contributed by atoms with Crippen LogP contribution in [-0.2, 0) is 0 Å². The summed E-state index contributed by atoms with van der Waals surface area (Å²) in [6.45, 7) is 9.06. The minimum Gasteiger partial charge on any atom is -0.238 e. The molecule has 0 radical (unpaired) electrons. The zero-order valence-electron chi connectivity index (χ0n) is 8.57. The van der Waals surface area contributed by atoms with Crippen LogP contribution in [0.3, 0.4) is 0 Å². The maximum atomic E-state index is 6.98. The van der Waals surface area contributed by atoms with Crippen molar-refractivity contribution in [2.45, 2.75) is 6.92 Å². The number of hydrogen-bond acceptors (Lipinski definition) is 0. The molecule has 0 bridgehead atoms. The van der Waals surface area contributed by atoms with Crippen LogP contribution in [0.5, 0.6) is 0 Å². The molecule has 0 aromatic heterocycles. The Hall–Kier alpha value is -2.07. The summed E-state index contributed by atoms with van der Waals surface area (Å²) in [5, 5.41) is 0. The molecule has 0 aliphatic heterocycles. The molecule has 0 atom stereocenters. The highest BCUT2D eigenvalue weighted by molar-refractivity contribution is 5.70. The third-order valence-corrected chi connectivity index (χ3v) is 2.43. The molecular weight excluding hydrogens is 182 g/mol. The third kappa shape index (κ3) is 1.89. The lowest BCUT2D eigenvalue weighted by Crippen LogP contribution is -1.81. The van der Waals surface area contributed by atoms with Gasteiger partial charge in [0.05, 0.1) is 6.57 Å². The molecule has 0 spiro atoms. The molecule has 1 nitrogen and oxygen atoms in total. The van der Waals surface area contributed by atoms with E-state index in [0.29, 0.717) is 5.69 Å². The molecule has 0 fully saturated rings. The van der Waals surface area contributed by atoms with E-state index in [0.717, 1.165) is 5.56 Å². The van der Waals surface area contributed by atoms with Crippen LogP contribution in [0, 0.1) is 13.5 Å². The van der Waals surface area contributed by atoms with Crippen LogP contribution in [0.15, 0.2) is 48.5 Å². The van der Waals surface area contributed by atoms with Crippen molar-refractivity contribution in [3.63, 3.8) is 0 Å². The lowest BCUT2D eigenvalue weighted by Gasteiger charge is -2.05. The van der Waals surface area contributed by atoms with E-state index in [1.165, 1.54) is 11.1 Å². The number of rotatable bonds is 1. The van der Waals surface area contributed by atoms with Gasteiger partial charge < -0.3 is 0 Å². The summed E-state index contributed by atoms with van der Waals surface area (Å²) in [6, 6.07) is 15.9. The summed E-state index contributed by atoms with van der Waals surface area (Å²) in [5.74, 6) is 0. The van der Waals surface area contributed by atoms with Crippen LogP contribution >= 0.6 is 0 Å². The van der Waals surface area contributed by atoms with Gasteiger partial charge in [-0.15, -0.1) is 0 Å². The van der Waals surface area contributed by atoms with Gasteiger partial charge in [0, 0.05) is 0 Å². The molecule has 72 valence electrons. The summed E-state index contributed by atoms with van der Waals surface area (Å²) in [5.41, 5.74) is 4.24. The average Bonchev–Trinajstić information content (AvgIpc) is 2.30. The second kappa shape index (κ2) is 3.98.